The molecule has 0 amide bonds. The lowest BCUT2D eigenvalue weighted by Gasteiger charge is -2.07. The molecule has 1 heterocycles. The Morgan fingerprint density at radius 3 is 2.52 bits per heavy atom. The molecule has 0 saturated carbocycles. The van der Waals surface area contributed by atoms with E-state index in [4.69, 9.17) is 5.11 Å². The molecule has 0 fully saturated rings. The van der Waals surface area contributed by atoms with E-state index in [0.717, 1.165) is 0 Å². The van der Waals surface area contributed by atoms with Crippen molar-refractivity contribution in [1.82, 2.24) is 14.8 Å². The molecule has 4 rings (SSSR count). The van der Waals surface area contributed by atoms with E-state index in [1.165, 1.54) is 16.8 Å². The first-order valence-corrected chi connectivity index (χ1v) is 8.90. The second-order valence-electron chi connectivity index (χ2n) is 6.37. The quantitative estimate of drug-likeness (QED) is 0.621. The molecular weight excluding hydrogens is 370 g/mol. The first-order chi connectivity index (χ1) is 14.0. The van der Waals surface area contributed by atoms with Crippen molar-refractivity contribution in [3.8, 4) is 22.8 Å². The van der Waals surface area contributed by atoms with E-state index in [2.05, 4.69) is 10.1 Å². The number of phenolic OH excluding ortho intramolecular Hbond substituents is 1. The van der Waals surface area contributed by atoms with Gasteiger partial charge in [0.05, 0.1) is 22.4 Å². The lowest BCUT2D eigenvalue weighted by atomic mass is 10.1. The summed E-state index contributed by atoms with van der Waals surface area (Å²) >= 11 is 0. The molecule has 0 radical (unpaired) electrons. The first kappa shape index (κ1) is 18.2. The molecule has 7 heteroatoms. The van der Waals surface area contributed by atoms with Gasteiger partial charge in [0.1, 0.15) is 11.5 Å². The highest BCUT2D eigenvalue weighted by atomic mass is 16.4. The first-order valence-electron chi connectivity index (χ1n) is 8.90. The Morgan fingerprint density at radius 1 is 1.03 bits per heavy atom. The number of carboxylic acid groups (broad SMARTS) is 1. The van der Waals surface area contributed by atoms with Crippen molar-refractivity contribution in [2.45, 2.75) is 6.42 Å². The number of nitrogens with zero attached hydrogens (tertiary/aromatic N) is 3. The largest absolute Gasteiger partial charge is 0.507 e. The van der Waals surface area contributed by atoms with Gasteiger partial charge < -0.3 is 15.3 Å². The van der Waals surface area contributed by atoms with Crippen molar-refractivity contribution in [2.75, 3.05) is 0 Å². The third kappa shape index (κ3) is 3.53. The summed E-state index contributed by atoms with van der Waals surface area (Å²) in [6, 6.07) is 12.9. The Morgan fingerprint density at radius 2 is 1.79 bits per heavy atom. The number of aromatic carboxylic acids is 1. The average molecular weight is 387 g/mol. The van der Waals surface area contributed by atoms with E-state index < -0.39 is 5.97 Å². The van der Waals surface area contributed by atoms with E-state index in [1.807, 2.05) is 12.2 Å². The van der Waals surface area contributed by atoms with Crippen LogP contribution in [0.3, 0.4) is 0 Å². The van der Waals surface area contributed by atoms with Crippen LogP contribution in [0.4, 0.5) is 0 Å². The molecule has 1 aromatic heterocycles. The minimum Gasteiger partial charge on any atom is -0.507 e. The van der Waals surface area contributed by atoms with Crippen LogP contribution in [0.2, 0.25) is 0 Å². The topological polar surface area (TPSA) is 108 Å². The van der Waals surface area contributed by atoms with Gasteiger partial charge in [-0.05, 0) is 48.9 Å². The number of aromatic hydroxyl groups is 1. The molecule has 3 N–H and O–H groups in total. The second kappa shape index (κ2) is 7.47. The van der Waals surface area contributed by atoms with Gasteiger partial charge in [-0.25, -0.2) is 14.5 Å². The Labute approximate surface area is 166 Å². The van der Waals surface area contributed by atoms with Crippen LogP contribution in [0.5, 0.6) is 5.75 Å². The van der Waals surface area contributed by atoms with E-state index in [1.54, 1.807) is 48.6 Å². The Balaban J connectivity index is 1.89. The molecule has 1 aliphatic rings. The number of hydrogen-bond donors (Lipinski definition) is 3. The molecule has 2 aromatic carbocycles. The van der Waals surface area contributed by atoms with Crippen molar-refractivity contribution >= 4 is 11.5 Å². The predicted octanol–water partition coefficient (Wildman–Crippen LogP) is 4.12. The molecule has 0 unspecified atom stereocenters. The van der Waals surface area contributed by atoms with Gasteiger partial charge in [0.15, 0.2) is 11.6 Å². The summed E-state index contributed by atoms with van der Waals surface area (Å²) in [5, 5.41) is 34.3. The number of para-hydroxylation sites is 1. The second-order valence-corrected chi connectivity index (χ2v) is 6.37. The molecule has 3 aromatic rings. The Kier molecular flexibility index (Phi) is 4.70. The number of carbonyl (C=O) groups is 1. The molecule has 144 valence electrons. The van der Waals surface area contributed by atoms with Crippen LogP contribution in [0, 0.1) is 0 Å². The summed E-state index contributed by atoms with van der Waals surface area (Å²) < 4.78 is 1.52. The summed E-state index contributed by atoms with van der Waals surface area (Å²) in [5.41, 5.74) is 1.66. The minimum absolute atomic E-state index is 0.0335. The highest BCUT2D eigenvalue weighted by molar-refractivity contribution is 5.87. The normalized spacial score (nSPS) is 13.5. The zero-order valence-corrected chi connectivity index (χ0v) is 15.2. The number of hydrogen-bond acceptors (Lipinski definition) is 5. The van der Waals surface area contributed by atoms with Gasteiger partial charge >= 0.3 is 5.97 Å². The van der Waals surface area contributed by atoms with Crippen LogP contribution >= 0.6 is 0 Å². The summed E-state index contributed by atoms with van der Waals surface area (Å²) in [6.07, 6.45) is 7.65. The van der Waals surface area contributed by atoms with Crippen molar-refractivity contribution in [2.24, 2.45) is 0 Å². The zero-order valence-electron chi connectivity index (χ0n) is 15.2. The third-order valence-corrected chi connectivity index (χ3v) is 4.48. The number of phenols is 1. The van der Waals surface area contributed by atoms with E-state index in [9.17, 15) is 15.0 Å². The van der Waals surface area contributed by atoms with Crippen LogP contribution in [-0.4, -0.2) is 36.1 Å². The fourth-order valence-corrected chi connectivity index (χ4v) is 3.01. The van der Waals surface area contributed by atoms with Gasteiger partial charge in [0.25, 0.3) is 0 Å². The van der Waals surface area contributed by atoms with Crippen LogP contribution in [0.1, 0.15) is 22.6 Å². The number of aliphatic hydroxyl groups excluding tert-OH is 1. The molecule has 1 aliphatic carbocycles. The van der Waals surface area contributed by atoms with E-state index >= 15 is 0 Å². The molecule has 0 aliphatic heterocycles. The van der Waals surface area contributed by atoms with Gasteiger partial charge in [-0.2, -0.15) is 0 Å². The molecule has 0 atom stereocenters. The monoisotopic (exact) mass is 387 g/mol. The van der Waals surface area contributed by atoms with Crippen LogP contribution in [-0.2, 0) is 0 Å². The van der Waals surface area contributed by atoms with E-state index in [0.29, 0.717) is 34.9 Å². The maximum absolute atomic E-state index is 11.1. The third-order valence-electron chi connectivity index (χ3n) is 4.48. The predicted molar refractivity (Wildman–Crippen MR) is 108 cm³/mol. The SMILES string of the molecule is O=C(O)c1ccc(-n2nc(C3=CCC=CC=C3O)nc2-c2ccccc2O)cc1. The molecule has 7 nitrogen and oxygen atoms in total. The van der Waals surface area contributed by atoms with Crippen LogP contribution in [0.15, 0.2) is 78.6 Å². The Hall–Kier alpha value is -4.13. The molecule has 29 heavy (non-hydrogen) atoms. The molecular formula is C22H17N3O4. The van der Waals surface area contributed by atoms with Crippen molar-refractivity contribution in [3.05, 3.63) is 90.0 Å². The molecule has 0 saturated heterocycles. The number of rotatable bonds is 4. The van der Waals surface area contributed by atoms with Crippen LogP contribution in [0.25, 0.3) is 22.6 Å². The summed E-state index contributed by atoms with van der Waals surface area (Å²) in [7, 11) is 0. The molecule has 0 bridgehead atoms. The highest BCUT2D eigenvalue weighted by Gasteiger charge is 2.20. The lowest BCUT2D eigenvalue weighted by molar-refractivity contribution is 0.0697. The number of aliphatic hydroxyl groups is 1. The average Bonchev–Trinajstić information content (AvgIpc) is 3.04. The maximum Gasteiger partial charge on any atom is 0.335 e. The maximum atomic E-state index is 11.1. The van der Waals surface area contributed by atoms with Gasteiger partial charge in [0, 0.05) is 0 Å². The number of carboxylic acids is 1. The molecule has 0 spiro atoms. The van der Waals surface area contributed by atoms with Crippen molar-refractivity contribution in [1.29, 1.82) is 0 Å². The van der Waals surface area contributed by atoms with Crippen LogP contribution < -0.4 is 0 Å². The van der Waals surface area contributed by atoms with E-state index in [-0.39, 0.29) is 17.1 Å². The number of benzene rings is 2. The lowest BCUT2D eigenvalue weighted by Crippen LogP contribution is -2.02. The summed E-state index contributed by atoms with van der Waals surface area (Å²) in [4.78, 5) is 15.7. The summed E-state index contributed by atoms with van der Waals surface area (Å²) in [6.45, 7) is 0. The fourth-order valence-electron chi connectivity index (χ4n) is 3.01. The summed E-state index contributed by atoms with van der Waals surface area (Å²) in [5.74, 6) is -0.287. The van der Waals surface area contributed by atoms with Gasteiger partial charge in [-0.15, -0.1) is 5.10 Å². The van der Waals surface area contributed by atoms with Crippen molar-refractivity contribution in [3.63, 3.8) is 0 Å². The van der Waals surface area contributed by atoms with Crippen molar-refractivity contribution < 1.29 is 20.1 Å². The fraction of sp³-hybridized carbons (Fsp3) is 0.0455. The number of allylic oxidation sites excluding steroid dienone is 5. The smallest absolute Gasteiger partial charge is 0.335 e. The van der Waals surface area contributed by atoms with Gasteiger partial charge in [-0.1, -0.05) is 30.4 Å². The minimum atomic E-state index is -1.03. The number of aromatic nitrogens is 3. The van der Waals surface area contributed by atoms with Gasteiger partial charge in [0.2, 0.25) is 0 Å². The Bertz CT molecular complexity index is 1170. The zero-order chi connectivity index (χ0) is 20.4. The van der Waals surface area contributed by atoms with Gasteiger partial charge in [-0.3, -0.25) is 0 Å². The standard InChI is InChI=1S/C22H17N3O4/c26-18-8-3-1-2-6-16(18)20-23-21(17-7-4-5-9-19(17)27)25(24-20)15-12-10-14(11-13-15)22(28)29/h1,3-13,26-27H,2H2,(H,28,29). The highest BCUT2D eigenvalue weighted by Crippen LogP contribution is 2.31.